The van der Waals surface area contributed by atoms with Crippen LogP contribution in [0.4, 0.5) is 0 Å². The fraction of sp³-hybridized carbons (Fsp3) is 0.625. The number of nitrogens with one attached hydrogen (secondary N) is 1. The van der Waals surface area contributed by atoms with Crippen LogP contribution in [0.1, 0.15) is 43.2 Å². The summed E-state index contributed by atoms with van der Waals surface area (Å²) in [4.78, 5) is 0. The maximum absolute atomic E-state index is 9.02. The molecule has 2 aliphatic rings. The van der Waals surface area contributed by atoms with Gasteiger partial charge in [0.25, 0.3) is 0 Å². The Morgan fingerprint density at radius 1 is 1.21 bits per heavy atom. The second kappa shape index (κ2) is 5.61. The molecule has 3 nitrogen and oxygen atoms in total. The molecule has 19 heavy (non-hydrogen) atoms. The molecule has 104 valence electrons. The average molecular weight is 261 g/mol. The Kier molecular flexibility index (Phi) is 3.87. The Balaban J connectivity index is 1.50. The van der Waals surface area contributed by atoms with Crippen molar-refractivity contribution in [2.75, 3.05) is 6.61 Å². The van der Waals surface area contributed by atoms with E-state index in [2.05, 4.69) is 17.4 Å². The van der Waals surface area contributed by atoms with Gasteiger partial charge in [-0.15, -0.1) is 0 Å². The molecule has 1 aromatic carbocycles. The summed E-state index contributed by atoms with van der Waals surface area (Å²) in [7, 11) is 0. The van der Waals surface area contributed by atoms with Crippen LogP contribution in [0.2, 0.25) is 0 Å². The number of aliphatic hydroxyl groups excluding tert-OH is 1. The average Bonchev–Trinajstić information content (AvgIpc) is 2.44. The van der Waals surface area contributed by atoms with Gasteiger partial charge in [-0.2, -0.15) is 0 Å². The first-order valence-corrected chi connectivity index (χ1v) is 7.36. The maximum Gasteiger partial charge on any atom is 0.0697 e. The fourth-order valence-electron chi connectivity index (χ4n) is 3.15. The monoisotopic (exact) mass is 261 g/mol. The van der Waals surface area contributed by atoms with Gasteiger partial charge in [0, 0.05) is 19.2 Å². The van der Waals surface area contributed by atoms with Crippen molar-refractivity contribution in [3.8, 4) is 0 Å². The summed E-state index contributed by atoms with van der Waals surface area (Å²) < 4.78 is 5.95. The first-order valence-electron chi connectivity index (χ1n) is 7.36. The van der Waals surface area contributed by atoms with E-state index in [4.69, 9.17) is 9.84 Å². The van der Waals surface area contributed by atoms with E-state index in [1.165, 1.54) is 31.2 Å². The molecule has 1 saturated carbocycles. The Morgan fingerprint density at radius 2 is 1.95 bits per heavy atom. The molecule has 0 bridgehead atoms. The quantitative estimate of drug-likeness (QED) is 0.874. The van der Waals surface area contributed by atoms with E-state index in [1.54, 1.807) is 0 Å². The van der Waals surface area contributed by atoms with E-state index in [0.29, 0.717) is 6.04 Å². The lowest BCUT2D eigenvalue weighted by molar-refractivity contribution is -0.135. The van der Waals surface area contributed by atoms with Crippen molar-refractivity contribution in [2.45, 2.75) is 56.9 Å². The molecule has 3 rings (SSSR count). The number of hydrogen-bond donors (Lipinski definition) is 2. The summed E-state index contributed by atoms with van der Waals surface area (Å²) in [6.45, 7) is 1.93. The second-order valence-corrected chi connectivity index (χ2v) is 5.93. The summed E-state index contributed by atoms with van der Waals surface area (Å²) in [5.41, 5.74) is 2.48. The first-order chi connectivity index (χ1) is 9.30. The predicted octanol–water partition coefficient (Wildman–Crippen LogP) is 2.37. The van der Waals surface area contributed by atoms with E-state index in [9.17, 15) is 0 Å². The van der Waals surface area contributed by atoms with Gasteiger partial charge in [0.05, 0.1) is 12.2 Å². The molecule has 2 fully saturated rings. The molecule has 2 N–H and O–H groups in total. The molecular formula is C16H23NO2. The fourth-order valence-corrected chi connectivity index (χ4v) is 3.15. The van der Waals surface area contributed by atoms with Gasteiger partial charge in [0.15, 0.2) is 0 Å². The highest BCUT2D eigenvalue weighted by molar-refractivity contribution is 5.21. The maximum atomic E-state index is 9.02. The normalized spacial score (nSPS) is 25.2. The molecule has 1 heterocycles. The summed E-state index contributed by atoms with van der Waals surface area (Å²) in [5.74, 6) is 0. The van der Waals surface area contributed by atoms with Crippen LogP contribution in [0.25, 0.3) is 0 Å². The third kappa shape index (κ3) is 2.99. The Morgan fingerprint density at radius 3 is 2.58 bits per heavy atom. The Hall–Kier alpha value is -0.900. The van der Waals surface area contributed by atoms with Crippen molar-refractivity contribution in [1.29, 1.82) is 0 Å². The van der Waals surface area contributed by atoms with Crippen LogP contribution in [-0.2, 0) is 17.9 Å². The summed E-state index contributed by atoms with van der Waals surface area (Å²) in [6.07, 6.45) is 6.11. The molecule has 0 radical (unpaired) electrons. The van der Waals surface area contributed by atoms with Crippen molar-refractivity contribution in [3.05, 3.63) is 35.4 Å². The minimum Gasteiger partial charge on any atom is -0.392 e. The Labute approximate surface area is 115 Å². The molecule has 1 spiro atoms. The van der Waals surface area contributed by atoms with Gasteiger partial charge in [-0.1, -0.05) is 24.3 Å². The minimum atomic E-state index is 0.121. The summed E-state index contributed by atoms with van der Waals surface area (Å²) in [6, 6.07) is 8.77. The van der Waals surface area contributed by atoms with Gasteiger partial charge in [0.1, 0.15) is 0 Å². The van der Waals surface area contributed by atoms with Gasteiger partial charge in [0.2, 0.25) is 0 Å². The standard InChI is InChI=1S/C16H23NO2/c18-12-14-4-2-13(3-5-14)11-17-15-6-9-19-16(10-15)7-1-8-16/h2-5,15,17-18H,1,6-12H2. The molecule has 1 saturated heterocycles. The van der Waals surface area contributed by atoms with E-state index >= 15 is 0 Å². The summed E-state index contributed by atoms with van der Waals surface area (Å²) >= 11 is 0. The van der Waals surface area contributed by atoms with Crippen molar-refractivity contribution in [1.82, 2.24) is 5.32 Å². The number of aliphatic hydroxyl groups is 1. The van der Waals surface area contributed by atoms with Gasteiger partial charge >= 0.3 is 0 Å². The highest BCUT2D eigenvalue weighted by Crippen LogP contribution is 2.42. The van der Waals surface area contributed by atoms with Crippen molar-refractivity contribution < 1.29 is 9.84 Å². The van der Waals surface area contributed by atoms with Crippen LogP contribution in [0, 0.1) is 0 Å². The zero-order chi connectivity index (χ0) is 13.1. The van der Waals surface area contributed by atoms with E-state index < -0.39 is 0 Å². The molecule has 0 aromatic heterocycles. The molecule has 1 aliphatic carbocycles. The van der Waals surface area contributed by atoms with Crippen LogP contribution in [0.3, 0.4) is 0 Å². The highest BCUT2D eigenvalue weighted by Gasteiger charge is 2.42. The molecule has 3 heteroatoms. The number of benzene rings is 1. The molecule has 1 aromatic rings. The van der Waals surface area contributed by atoms with Crippen molar-refractivity contribution in [3.63, 3.8) is 0 Å². The molecule has 1 atom stereocenters. The molecule has 1 unspecified atom stereocenters. The van der Waals surface area contributed by atoms with Gasteiger partial charge in [-0.05, 0) is 43.2 Å². The third-order valence-electron chi connectivity index (χ3n) is 4.56. The van der Waals surface area contributed by atoms with Crippen LogP contribution in [0.15, 0.2) is 24.3 Å². The van der Waals surface area contributed by atoms with Crippen LogP contribution in [0.5, 0.6) is 0 Å². The molecule has 1 aliphatic heterocycles. The van der Waals surface area contributed by atoms with Gasteiger partial charge in [-0.25, -0.2) is 0 Å². The smallest absolute Gasteiger partial charge is 0.0697 e. The molecular weight excluding hydrogens is 238 g/mol. The lowest BCUT2D eigenvalue weighted by Gasteiger charge is -2.47. The zero-order valence-electron chi connectivity index (χ0n) is 11.4. The van der Waals surface area contributed by atoms with E-state index in [0.717, 1.165) is 25.1 Å². The summed E-state index contributed by atoms with van der Waals surface area (Å²) in [5, 5.41) is 12.7. The highest BCUT2D eigenvalue weighted by atomic mass is 16.5. The van der Waals surface area contributed by atoms with Crippen molar-refractivity contribution >= 4 is 0 Å². The SMILES string of the molecule is OCc1ccc(CNC2CCOC3(CCC3)C2)cc1. The second-order valence-electron chi connectivity index (χ2n) is 5.93. The lowest BCUT2D eigenvalue weighted by Crippen LogP contribution is -2.50. The van der Waals surface area contributed by atoms with Crippen molar-refractivity contribution in [2.24, 2.45) is 0 Å². The lowest BCUT2D eigenvalue weighted by atomic mass is 9.74. The number of hydrogen-bond acceptors (Lipinski definition) is 3. The van der Waals surface area contributed by atoms with Gasteiger partial charge < -0.3 is 15.2 Å². The van der Waals surface area contributed by atoms with E-state index in [1.807, 2.05) is 12.1 Å². The topological polar surface area (TPSA) is 41.5 Å². The zero-order valence-corrected chi connectivity index (χ0v) is 11.4. The largest absolute Gasteiger partial charge is 0.392 e. The number of rotatable bonds is 4. The predicted molar refractivity (Wildman–Crippen MR) is 74.8 cm³/mol. The van der Waals surface area contributed by atoms with Crippen LogP contribution in [-0.4, -0.2) is 23.4 Å². The first kappa shape index (κ1) is 13.1. The molecule has 0 amide bonds. The van der Waals surface area contributed by atoms with Gasteiger partial charge in [-0.3, -0.25) is 0 Å². The third-order valence-corrected chi connectivity index (χ3v) is 4.56. The minimum absolute atomic E-state index is 0.121. The number of ether oxygens (including phenoxy) is 1. The van der Waals surface area contributed by atoms with E-state index in [-0.39, 0.29) is 12.2 Å². The van der Waals surface area contributed by atoms with Crippen LogP contribution >= 0.6 is 0 Å². The van der Waals surface area contributed by atoms with Crippen LogP contribution < -0.4 is 5.32 Å². The Bertz CT molecular complexity index is 411.